The van der Waals surface area contributed by atoms with Gasteiger partial charge in [-0.3, -0.25) is 0 Å². The number of benzene rings is 3. The lowest BCUT2D eigenvalue weighted by Crippen LogP contribution is -1.90. The Hall–Kier alpha value is -3.29. The maximum Gasteiger partial charge on any atom is 0.270 e. The lowest BCUT2D eigenvalue weighted by Gasteiger charge is -2.07. The summed E-state index contributed by atoms with van der Waals surface area (Å²) < 4.78 is 0.871. The molecule has 2 heterocycles. The Bertz CT molecular complexity index is 1430. The van der Waals surface area contributed by atoms with Crippen LogP contribution >= 0.6 is 27.5 Å². The summed E-state index contributed by atoms with van der Waals surface area (Å²) in [5.41, 5.74) is 3.41. The van der Waals surface area contributed by atoms with E-state index in [1.807, 2.05) is 60.7 Å². The Kier molecular flexibility index (Phi) is 4.69. The molecule has 5 aromatic rings. The van der Waals surface area contributed by atoms with Crippen molar-refractivity contribution in [3.8, 4) is 17.1 Å². The van der Waals surface area contributed by atoms with Gasteiger partial charge in [0.05, 0.1) is 16.7 Å². The van der Waals surface area contributed by atoms with Crippen LogP contribution in [0.4, 0.5) is 11.6 Å². The SMILES string of the molecule is Oc1[nH]c2ccc(Br)cc2c1N=Nc1nc(-c2ccccc2)c2cc(Cl)ccc2n1. The van der Waals surface area contributed by atoms with Crippen LogP contribution in [0.1, 0.15) is 0 Å². The van der Waals surface area contributed by atoms with Crippen LogP contribution in [0.2, 0.25) is 5.02 Å². The molecule has 30 heavy (non-hydrogen) atoms. The first kappa shape index (κ1) is 18.7. The first-order chi connectivity index (χ1) is 14.6. The van der Waals surface area contributed by atoms with Crippen molar-refractivity contribution in [3.05, 3.63) is 76.2 Å². The van der Waals surface area contributed by atoms with E-state index < -0.39 is 0 Å². The first-order valence-electron chi connectivity index (χ1n) is 9.03. The normalized spacial score (nSPS) is 11.7. The fourth-order valence-electron chi connectivity index (χ4n) is 3.28. The molecule has 0 unspecified atom stereocenters. The van der Waals surface area contributed by atoms with E-state index >= 15 is 0 Å². The van der Waals surface area contributed by atoms with Gasteiger partial charge in [-0.15, -0.1) is 10.2 Å². The zero-order chi connectivity index (χ0) is 20.7. The number of nitrogens with one attached hydrogen (secondary N) is 1. The van der Waals surface area contributed by atoms with Gasteiger partial charge in [-0.2, -0.15) is 0 Å². The molecule has 2 aromatic heterocycles. The third-order valence-electron chi connectivity index (χ3n) is 4.65. The quantitative estimate of drug-likeness (QED) is 0.266. The summed E-state index contributed by atoms with van der Waals surface area (Å²) in [5, 5.41) is 20.9. The molecule has 0 saturated carbocycles. The minimum Gasteiger partial charge on any atom is -0.493 e. The fraction of sp³-hybridized carbons (Fsp3) is 0. The van der Waals surface area contributed by atoms with E-state index in [9.17, 15) is 5.11 Å². The summed E-state index contributed by atoms with van der Waals surface area (Å²) in [6, 6.07) is 20.8. The molecule has 0 saturated heterocycles. The van der Waals surface area contributed by atoms with E-state index in [1.54, 1.807) is 6.07 Å². The molecule has 6 nitrogen and oxygen atoms in total. The molecule has 0 bridgehead atoms. The summed E-state index contributed by atoms with van der Waals surface area (Å²) in [4.78, 5) is 12.0. The van der Waals surface area contributed by atoms with Crippen LogP contribution < -0.4 is 0 Å². The molecule has 0 radical (unpaired) electrons. The van der Waals surface area contributed by atoms with Crippen molar-refractivity contribution >= 4 is 61.0 Å². The highest BCUT2D eigenvalue weighted by Gasteiger charge is 2.13. The Morgan fingerprint density at radius 2 is 1.73 bits per heavy atom. The third kappa shape index (κ3) is 3.42. The highest BCUT2D eigenvalue weighted by Crippen LogP contribution is 2.38. The molecule has 2 N–H and O–H groups in total. The van der Waals surface area contributed by atoms with Crippen LogP contribution in [-0.2, 0) is 0 Å². The van der Waals surface area contributed by atoms with E-state index in [0.717, 1.165) is 26.3 Å². The molecule has 0 atom stereocenters. The van der Waals surface area contributed by atoms with E-state index in [2.05, 4.69) is 41.1 Å². The maximum absolute atomic E-state index is 10.3. The predicted molar refractivity (Wildman–Crippen MR) is 122 cm³/mol. The van der Waals surface area contributed by atoms with Crippen molar-refractivity contribution in [2.24, 2.45) is 10.2 Å². The molecule has 5 rings (SSSR count). The van der Waals surface area contributed by atoms with E-state index in [-0.39, 0.29) is 11.8 Å². The van der Waals surface area contributed by atoms with Gasteiger partial charge in [0.2, 0.25) is 5.88 Å². The number of hydrogen-bond donors (Lipinski definition) is 2. The molecule has 3 aromatic carbocycles. The Morgan fingerprint density at radius 1 is 0.900 bits per heavy atom. The number of nitrogens with zero attached hydrogens (tertiary/aromatic N) is 4. The van der Waals surface area contributed by atoms with Crippen LogP contribution in [0.15, 0.2) is 81.4 Å². The van der Waals surface area contributed by atoms with E-state index in [0.29, 0.717) is 21.9 Å². The van der Waals surface area contributed by atoms with Crippen molar-refractivity contribution in [1.29, 1.82) is 0 Å². The van der Waals surface area contributed by atoms with E-state index in [1.165, 1.54) is 0 Å². The van der Waals surface area contributed by atoms with Crippen molar-refractivity contribution in [2.75, 3.05) is 0 Å². The smallest absolute Gasteiger partial charge is 0.270 e. The van der Waals surface area contributed by atoms with Gasteiger partial charge < -0.3 is 10.1 Å². The molecule has 146 valence electrons. The summed E-state index contributed by atoms with van der Waals surface area (Å²) in [6.07, 6.45) is 0. The fourth-order valence-corrected chi connectivity index (χ4v) is 3.81. The van der Waals surface area contributed by atoms with Crippen LogP contribution in [0.3, 0.4) is 0 Å². The number of H-pyrrole nitrogens is 1. The Balaban J connectivity index is 1.66. The number of aromatic hydroxyl groups is 1. The van der Waals surface area contributed by atoms with Gasteiger partial charge >= 0.3 is 0 Å². The topological polar surface area (TPSA) is 86.5 Å². The molecule has 0 aliphatic heterocycles. The molecule has 0 aliphatic carbocycles. The summed E-state index contributed by atoms with van der Waals surface area (Å²) in [5.74, 6) is 0.120. The Morgan fingerprint density at radius 3 is 2.57 bits per heavy atom. The van der Waals surface area contributed by atoms with Gasteiger partial charge in [-0.1, -0.05) is 57.9 Å². The van der Waals surface area contributed by atoms with Crippen LogP contribution in [-0.4, -0.2) is 20.1 Å². The Labute approximate surface area is 184 Å². The van der Waals surface area contributed by atoms with Gasteiger partial charge in [0, 0.05) is 25.8 Å². The number of aromatic nitrogens is 3. The highest BCUT2D eigenvalue weighted by molar-refractivity contribution is 9.10. The van der Waals surface area contributed by atoms with Gasteiger partial charge in [0.25, 0.3) is 5.95 Å². The second-order valence-electron chi connectivity index (χ2n) is 6.61. The number of halogens is 2. The lowest BCUT2D eigenvalue weighted by molar-refractivity contribution is 0.459. The predicted octanol–water partition coefficient (Wildman–Crippen LogP) is 7.32. The van der Waals surface area contributed by atoms with Crippen molar-refractivity contribution in [3.63, 3.8) is 0 Å². The second kappa shape index (κ2) is 7.51. The zero-order valence-electron chi connectivity index (χ0n) is 15.3. The molecule has 0 spiro atoms. The lowest BCUT2D eigenvalue weighted by atomic mass is 10.1. The van der Waals surface area contributed by atoms with Crippen LogP contribution in [0.5, 0.6) is 5.88 Å². The number of fused-ring (bicyclic) bond motifs is 2. The maximum atomic E-state index is 10.3. The van der Waals surface area contributed by atoms with Gasteiger partial charge in [0.1, 0.15) is 0 Å². The summed E-state index contributed by atoms with van der Waals surface area (Å²) in [6.45, 7) is 0. The molecule has 8 heteroatoms. The average Bonchev–Trinajstić information content (AvgIpc) is 3.06. The number of azo groups is 1. The average molecular weight is 479 g/mol. The summed E-state index contributed by atoms with van der Waals surface area (Å²) >= 11 is 9.64. The summed E-state index contributed by atoms with van der Waals surface area (Å²) in [7, 11) is 0. The van der Waals surface area contributed by atoms with Gasteiger partial charge in [-0.25, -0.2) is 9.97 Å². The largest absolute Gasteiger partial charge is 0.493 e. The standard InChI is InChI=1S/C22H13BrClN5O/c23-13-6-8-17-15(10-13)20(21(30)25-17)28-29-22-26-18-9-7-14(24)11-16(18)19(27-22)12-4-2-1-3-5-12/h1-11,25,30H. The zero-order valence-corrected chi connectivity index (χ0v) is 17.7. The number of hydrogen-bond acceptors (Lipinski definition) is 5. The van der Waals surface area contributed by atoms with Crippen molar-refractivity contribution in [2.45, 2.75) is 0 Å². The minimum atomic E-state index is -0.0669. The first-order valence-corrected chi connectivity index (χ1v) is 10.2. The minimum absolute atomic E-state index is 0.0669. The molecule has 0 aliphatic rings. The van der Waals surface area contributed by atoms with Crippen LogP contribution in [0.25, 0.3) is 33.1 Å². The third-order valence-corrected chi connectivity index (χ3v) is 5.38. The second-order valence-corrected chi connectivity index (χ2v) is 7.96. The van der Waals surface area contributed by atoms with Gasteiger partial charge in [0.15, 0.2) is 5.69 Å². The van der Waals surface area contributed by atoms with Crippen molar-refractivity contribution < 1.29 is 5.11 Å². The molecular formula is C22H13BrClN5O. The molecule has 0 fully saturated rings. The van der Waals surface area contributed by atoms with E-state index in [4.69, 9.17) is 11.6 Å². The number of rotatable bonds is 3. The highest BCUT2D eigenvalue weighted by atomic mass is 79.9. The van der Waals surface area contributed by atoms with Gasteiger partial charge in [-0.05, 0) is 36.4 Å². The van der Waals surface area contributed by atoms with Crippen LogP contribution in [0, 0.1) is 0 Å². The molecule has 0 amide bonds. The molecular weight excluding hydrogens is 466 g/mol. The number of aromatic amines is 1. The monoisotopic (exact) mass is 477 g/mol. The van der Waals surface area contributed by atoms with Crippen molar-refractivity contribution in [1.82, 2.24) is 15.0 Å².